The number of amides is 1. The summed E-state index contributed by atoms with van der Waals surface area (Å²) in [4.78, 5) is 12.6. The highest BCUT2D eigenvalue weighted by atomic mass is 19.1. The first-order chi connectivity index (χ1) is 8.16. The Hall–Kier alpha value is -0.880. The van der Waals surface area contributed by atoms with Gasteiger partial charge in [0.15, 0.2) is 0 Å². The van der Waals surface area contributed by atoms with Crippen molar-refractivity contribution >= 4 is 6.09 Å². The summed E-state index contributed by atoms with van der Waals surface area (Å²) in [5.74, 6) is 0. The summed E-state index contributed by atoms with van der Waals surface area (Å²) in [5, 5.41) is 10.8. The summed E-state index contributed by atoms with van der Waals surface area (Å²) in [5.41, 5.74) is 0. The van der Waals surface area contributed by atoms with Crippen LogP contribution in [0.15, 0.2) is 0 Å². The van der Waals surface area contributed by atoms with Gasteiger partial charge in [-0.25, -0.2) is 9.18 Å². The number of hydrogen-bond donors (Lipinski definition) is 2. The molecular formula is C11H19FN2O3. The molecule has 2 atom stereocenters. The van der Waals surface area contributed by atoms with E-state index in [-0.39, 0.29) is 0 Å². The van der Waals surface area contributed by atoms with Crippen molar-refractivity contribution in [1.29, 1.82) is 0 Å². The average Bonchev–Trinajstić information content (AvgIpc) is 2.32. The van der Waals surface area contributed by atoms with E-state index in [1.807, 2.05) is 0 Å². The molecule has 0 aromatic rings. The molecule has 6 heteroatoms. The molecule has 0 unspecified atom stereocenters. The summed E-state index contributed by atoms with van der Waals surface area (Å²) in [7, 11) is 0. The highest BCUT2D eigenvalue weighted by molar-refractivity contribution is 5.64. The normalized spacial score (nSPS) is 32.3. The maximum atomic E-state index is 13.8. The van der Waals surface area contributed by atoms with Crippen LogP contribution in [0.25, 0.3) is 0 Å². The van der Waals surface area contributed by atoms with Crippen LogP contribution < -0.4 is 5.32 Å². The van der Waals surface area contributed by atoms with Gasteiger partial charge >= 0.3 is 6.09 Å². The Bertz CT molecular complexity index is 271. The van der Waals surface area contributed by atoms with Crippen molar-refractivity contribution in [2.24, 2.45) is 0 Å². The minimum Gasteiger partial charge on any atom is -0.465 e. The van der Waals surface area contributed by atoms with Crippen LogP contribution in [0.5, 0.6) is 0 Å². The highest BCUT2D eigenvalue weighted by Gasteiger charge is 2.33. The zero-order chi connectivity index (χ0) is 12.3. The Morgan fingerprint density at radius 1 is 1.35 bits per heavy atom. The molecule has 2 aliphatic rings. The number of likely N-dealkylation sites (tertiary alicyclic amines) is 1. The largest absolute Gasteiger partial charge is 0.465 e. The molecule has 5 nitrogen and oxygen atoms in total. The monoisotopic (exact) mass is 246 g/mol. The predicted molar refractivity (Wildman–Crippen MR) is 59.9 cm³/mol. The van der Waals surface area contributed by atoms with Crippen molar-refractivity contribution < 1.29 is 19.0 Å². The molecule has 2 N–H and O–H groups in total. The summed E-state index contributed by atoms with van der Waals surface area (Å²) >= 11 is 0. The fraction of sp³-hybridized carbons (Fsp3) is 0.909. The van der Waals surface area contributed by atoms with Gasteiger partial charge in [0.2, 0.25) is 0 Å². The second kappa shape index (κ2) is 5.64. The first-order valence-electron chi connectivity index (χ1n) is 6.12. The molecule has 2 aliphatic heterocycles. The maximum absolute atomic E-state index is 13.8. The smallest absolute Gasteiger partial charge is 0.404 e. The van der Waals surface area contributed by atoms with E-state index in [1.54, 1.807) is 0 Å². The fourth-order valence-electron chi connectivity index (χ4n) is 2.63. The number of carboxylic acid groups (broad SMARTS) is 1. The van der Waals surface area contributed by atoms with E-state index in [9.17, 15) is 9.18 Å². The number of hydrogen-bond acceptors (Lipinski definition) is 3. The number of piperidine rings is 1. The van der Waals surface area contributed by atoms with Crippen LogP contribution in [0.3, 0.4) is 0 Å². The van der Waals surface area contributed by atoms with Gasteiger partial charge in [-0.2, -0.15) is 0 Å². The molecule has 0 aromatic carbocycles. The summed E-state index contributed by atoms with van der Waals surface area (Å²) < 4.78 is 19.1. The predicted octanol–water partition coefficient (Wildman–Crippen LogP) is 0.845. The third kappa shape index (κ3) is 3.29. The van der Waals surface area contributed by atoms with E-state index in [4.69, 9.17) is 9.84 Å². The Kier molecular flexibility index (Phi) is 4.17. The van der Waals surface area contributed by atoms with E-state index < -0.39 is 18.3 Å². The van der Waals surface area contributed by atoms with Gasteiger partial charge in [0.05, 0.1) is 6.04 Å². The number of ether oxygens (including phenoxy) is 1. The summed E-state index contributed by atoms with van der Waals surface area (Å²) in [6.07, 6.45) is 0.193. The van der Waals surface area contributed by atoms with Crippen molar-refractivity contribution in [3.8, 4) is 0 Å². The topological polar surface area (TPSA) is 61.8 Å². The lowest BCUT2D eigenvalue weighted by Crippen LogP contribution is -2.55. The standard InChI is InChI=1S/C11H19FN2O3/c12-9-7-14(8-2-5-17-6-3-8)4-1-10(9)13-11(15)16/h8-10,13H,1-7H2,(H,15,16)/t9-,10+/m1/s1. The molecule has 0 bridgehead atoms. The van der Waals surface area contributed by atoms with E-state index in [1.165, 1.54) is 0 Å². The van der Waals surface area contributed by atoms with Crippen LogP contribution >= 0.6 is 0 Å². The number of carbonyl (C=O) groups is 1. The fourth-order valence-corrected chi connectivity index (χ4v) is 2.63. The molecule has 0 aromatic heterocycles. The third-order valence-corrected chi connectivity index (χ3v) is 3.59. The van der Waals surface area contributed by atoms with Crippen molar-refractivity contribution in [3.63, 3.8) is 0 Å². The van der Waals surface area contributed by atoms with E-state index in [0.29, 0.717) is 19.0 Å². The van der Waals surface area contributed by atoms with Gasteiger partial charge in [-0.15, -0.1) is 0 Å². The van der Waals surface area contributed by atoms with Gasteiger partial charge in [0.1, 0.15) is 6.17 Å². The lowest BCUT2D eigenvalue weighted by atomic mass is 9.98. The van der Waals surface area contributed by atoms with Gasteiger partial charge in [-0.05, 0) is 19.3 Å². The van der Waals surface area contributed by atoms with Crippen molar-refractivity contribution in [2.45, 2.75) is 37.5 Å². The van der Waals surface area contributed by atoms with Crippen LogP contribution in [0.2, 0.25) is 0 Å². The molecule has 0 spiro atoms. The van der Waals surface area contributed by atoms with Crippen LogP contribution in [0.4, 0.5) is 9.18 Å². The second-order valence-electron chi connectivity index (χ2n) is 4.70. The van der Waals surface area contributed by atoms with Crippen molar-refractivity contribution in [1.82, 2.24) is 10.2 Å². The van der Waals surface area contributed by atoms with E-state index >= 15 is 0 Å². The molecule has 98 valence electrons. The van der Waals surface area contributed by atoms with Gasteiger partial charge in [0, 0.05) is 32.3 Å². The first kappa shape index (κ1) is 12.6. The van der Waals surface area contributed by atoms with E-state index in [2.05, 4.69) is 10.2 Å². The Morgan fingerprint density at radius 2 is 2.06 bits per heavy atom. The molecule has 17 heavy (non-hydrogen) atoms. The molecule has 0 saturated carbocycles. The SMILES string of the molecule is O=C(O)N[C@H]1CCN(C2CCOCC2)C[C@H]1F. The minimum absolute atomic E-state index is 0.329. The molecule has 2 heterocycles. The summed E-state index contributed by atoms with van der Waals surface area (Å²) in [6, 6.07) is -0.156. The van der Waals surface area contributed by atoms with Crippen LogP contribution in [0.1, 0.15) is 19.3 Å². The Labute approximate surface area is 99.9 Å². The molecule has 2 saturated heterocycles. The highest BCUT2D eigenvalue weighted by Crippen LogP contribution is 2.21. The lowest BCUT2D eigenvalue weighted by molar-refractivity contribution is 0.00532. The number of alkyl halides is 1. The first-order valence-corrected chi connectivity index (χ1v) is 6.12. The number of nitrogens with zero attached hydrogens (tertiary/aromatic N) is 1. The lowest BCUT2D eigenvalue weighted by Gasteiger charge is -2.40. The Morgan fingerprint density at radius 3 is 2.65 bits per heavy atom. The minimum atomic E-state index is -1.14. The van der Waals surface area contributed by atoms with Crippen LogP contribution in [0, 0.1) is 0 Å². The molecule has 2 rings (SSSR count). The van der Waals surface area contributed by atoms with Crippen molar-refractivity contribution in [3.05, 3.63) is 0 Å². The van der Waals surface area contributed by atoms with Crippen LogP contribution in [-0.2, 0) is 4.74 Å². The summed E-state index contributed by atoms with van der Waals surface area (Å²) in [6.45, 7) is 2.58. The Balaban J connectivity index is 1.83. The molecular weight excluding hydrogens is 227 g/mol. The molecule has 0 radical (unpaired) electrons. The van der Waals surface area contributed by atoms with Gasteiger partial charge < -0.3 is 15.2 Å². The number of halogens is 1. The zero-order valence-electron chi connectivity index (χ0n) is 9.77. The van der Waals surface area contributed by atoms with Crippen molar-refractivity contribution in [2.75, 3.05) is 26.3 Å². The second-order valence-corrected chi connectivity index (χ2v) is 4.70. The average molecular weight is 246 g/mol. The number of rotatable bonds is 2. The van der Waals surface area contributed by atoms with E-state index in [0.717, 1.165) is 32.6 Å². The quantitative estimate of drug-likeness (QED) is 0.758. The maximum Gasteiger partial charge on any atom is 0.404 e. The molecule has 0 aliphatic carbocycles. The molecule has 2 fully saturated rings. The molecule has 1 amide bonds. The number of nitrogens with one attached hydrogen (secondary N) is 1. The van der Waals surface area contributed by atoms with Crippen LogP contribution in [-0.4, -0.2) is 60.7 Å². The zero-order valence-corrected chi connectivity index (χ0v) is 9.77. The third-order valence-electron chi connectivity index (χ3n) is 3.59. The van der Waals surface area contributed by atoms with Gasteiger partial charge in [-0.1, -0.05) is 0 Å². The van der Waals surface area contributed by atoms with Gasteiger partial charge in [-0.3, -0.25) is 4.90 Å². The van der Waals surface area contributed by atoms with Gasteiger partial charge in [0.25, 0.3) is 0 Å².